The highest BCUT2D eigenvalue weighted by molar-refractivity contribution is 5.40. The Kier molecular flexibility index (Phi) is 4.16. The summed E-state index contributed by atoms with van der Waals surface area (Å²) in [5, 5.41) is 3.34. The lowest BCUT2D eigenvalue weighted by Gasteiger charge is -2.21. The molecule has 0 aliphatic rings. The van der Waals surface area contributed by atoms with Gasteiger partial charge in [0, 0.05) is 12.6 Å². The van der Waals surface area contributed by atoms with E-state index in [2.05, 4.69) is 10.3 Å². The number of nitrogens with zero attached hydrogens (tertiary/aromatic N) is 2. The normalized spacial score (nSPS) is 12.4. The summed E-state index contributed by atoms with van der Waals surface area (Å²) < 4.78 is 20.8. The number of aromatic nitrogens is 2. The fourth-order valence-corrected chi connectivity index (χ4v) is 2.15. The first-order valence-corrected chi connectivity index (χ1v) is 6.20. The van der Waals surface area contributed by atoms with E-state index in [0.717, 1.165) is 17.8 Å². The monoisotopic (exact) mass is 263 g/mol. The molecule has 102 valence electrons. The van der Waals surface area contributed by atoms with E-state index in [1.165, 1.54) is 12.1 Å². The second-order valence-corrected chi connectivity index (χ2v) is 4.31. The predicted molar refractivity (Wildman–Crippen MR) is 71.7 cm³/mol. The van der Waals surface area contributed by atoms with E-state index in [1.54, 1.807) is 25.7 Å². The molecule has 1 N–H and O–H groups in total. The molecule has 1 aromatic heterocycles. The Labute approximate surface area is 112 Å². The van der Waals surface area contributed by atoms with E-state index in [1.807, 2.05) is 18.5 Å². The van der Waals surface area contributed by atoms with Gasteiger partial charge < -0.3 is 14.6 Å². The van der Waals surface area contributed by atoms with E-state index < -0.39 is 0 Å². The van der Waals surface area contributed by atoms with Crippen LogP contribution in [0.25, 0.3) is 0 Å². The fraction of sp³-hybridized carbons (Fsp3) is 0.357. The number of imidazole rings is 1. The minimum absolute atomic E-state index is 0.150. The SMILES string of the molecule is CCNC(c1cc(F)ccc1OC)c1cncn1C. The molecule has 2 rings (SSSR count). The van der Waals surface area contributed by atoms with Crippen LogP contribution in [0.3, 0.4) is 0 Å². The lowest BCUT2D eigenvalue weighted by Crippen LogP contribution is -2.24. The average Bonchev–Trinajstić information content (AvgIpc) is 2.82. The van der Waals surface area contributed by atoms with Gasteiger partial charge >= 0.3 is 0 Å². The Balaban J connectivity index is 2.50. The maximum absolute atomic E-state index is 13.5. The zero-order valence-electron chi connectivity index (χ0n) is 11.4. The molecule has 0 amide bonds. The number of methoxy groups -OCH3 is 1. The summed E-state index contributed by atoms with van der Waals surface area (Å²) in [6, 6.07) is 4.39. The fourth-order valence-electron chi connectivity index (χ4n) is 2.15. The summed E-state index contributed by atoms with van der Waals surface area (Å²) in [5.74, 6) is 0.384. The Morgan fingerprint density at radius 2 is 2.26 bits per heavy atom. The van der Waals surface area contributed by atoms with Crippen LogP contribution in [0.2, 0.25) is 0 Å². The number of rotatable bonds is 5. The van der Waals surface area contributed by atoms with Crippen molar-refractivity contribution in [3.8, 4) is 5.75 Å². The second kappa shape index (κ2) is 5.84. The molecule has 0 fully saturated rings. The highest BCUT2D eigenvalue weighted by Gasteiger charge is 2.20. The van der Waals surface area contributed by atoms with Gasteiger partial charge in [-0.15, -0.1) is 0 Å². The van der Waals surface area contributed by atoms with Crippen LogP contribution in [0.5, 0.6) is 5.75 Å². The lowest BCUT2D eigenvalue weighted by molar-refractivity contribution is 0.401. The molecule has 0 aliphatic heterocycles. The molecule has 0 spiro atoms. The van der Waals surface area contributed by atoms with Gasteiger partial charge in [0.2, 0.25) is 0 Å². The molecule has 1 unspecified atom stereocenters. The molecule has 1 aromatic carbocycles. The zero-order chi connectivity index (χ0) is 13.8. The quantitative estimate of drug-likeness (QED) is 0.899. The third-order valence-corrected chi connectivity index (χ3v) is 3.06. The molecule has 0 bridgehead atoms. The van der Waals surface area contributed by atoms with Crippen molar-refractivity contribution < 1.29 is 9.13 Å². The summed E-state index contributed by atoms with van der Waals surface area (Å²) in [6.07, 6.45) is 3.50. The van der Waals surface area contributed by atoms with Crippen molar-refractivity contribution in [2.75, 3.05) is 13.7 Å². The van der Waals surface area contributed by atoms with Crippen molar-refractivity contribution in [1.82, 2.24) is 14.9 Å². The number of ether oxygens (including phenoxy) is 1. The predicted octanol–water partition coefficient (Wildman–Crippen LogP) is 2.27. The van der Waals surface area contributed by atoms with Crippen LogP contribution < -0.4 is 10.1 Å². The molecule has 0 aliphatic carbocycles. The highest BCUT2D eigenvalue weighted by atomic mass is 19.1. The molecule has 0 saturated heterocycles. The first-order valence-electron chi connectivity index (χ1n) is 6.20. The number of aryl methyl sites for hydroxylation is 1. The zero-order valence-corrected chi connectivity index (χ0v) is 11.4. The first-order chi connectivity index (χ1) is 9.17. The summed E-state index contributed by atoms with van der Waals surface area (Å²) >= 11 is 0. The Morgan fingerprint density at radius 1 is 1.47 bits per heavy atom. The number of hydrogen-bond donors (Lipinski definition) is 1. The highest BCUT2D eigenvalue weighted by Crippen LogP contribution is 2.30. The minimum atomic E-state index is -0.277. The summed E-state index contributed by atoms with van der Waals surface area (Å²) in [6.45, 7) is 2.77. The molecular formula is C14H18FN3O. The average molecular weight is 263 g/mol. The molecule has 5 heteroatoms. The van der Waals surface area contributed by atoms with Crippen molar-refractivity contribution in [3.63, 3.8) is 0 Å². The maximum atomic E-state index is 13.5. The van der Waals surface area contributed by atoms with Crippen LogP contribution in [-0.4, -0.2) is 23.2 Å². The smallest absolute Gasteiger partial charge is 0.124 e. The van der Waals surface area contributed by atoms with Crippen LogP contribution in [0.1, 0.15) is 24.2 Å². The maximum Gasteiger partial charge on any atom is 0.124 e. The second-order valence-electron chi connectivity index (χ2n) is 4.31. The summed E-state index contributed by atoms with van der Waals surface area (Å²) in [7, 11) is 3.50. The van der Waals surface area contributed by atoms with Crippen LogP contribution in [0.15, 0.2) is 30.7 Å². The topological polar surface area (TPSA) is 39.1 Å². The van der Waals surface area contributed by atoms with E-state index in [0.29, 0.717) is 5.75 Å². The standard InChI is InChI=1S/C14H18FN3O/c1-4-17-14(12-8-16-9-18(12)2)11-7-10(15)5-6-13(11)19-3/h5-9,14,17H,4H2,1-3H3. The van der Waals surface area contributed by atoms with Gasteiger partial charge in [0.05, 0.1) is 31.4 Å². The first kappa shape index (κ1) is 13.5. The lowest BCUT2D eigenvalue weighted by atomic mass is 10.0. The van der Waals surface area contributed by atoms with Gasteiger partial charge in [0.1, 0.15) is 11.6 Å². The third-order valence-electron chi connectivity index (χ3n) is 3.06. The minimum Gasteiger partial charge on any atom is -0.496 e. The molecule has 1 atom stereocenters. The van der Waals surface area contributed by atoms with E-state index >= 15 is 0 Å². The van der Waals surface area contributed by atoms with Crippen LogP contribution >= 0.6 is 0 Å². The van der Waals surface area contributed by atoms with Crippen molar-refractivity contribution in [2.24, 2.45) is 7.05 Å². The molecular weight excluding hydrogens is 245 g/mol. The summed E-state index contributed by atoms with van der Waals surface area (Å²) in [4.78, 5) is 4.12. The van der Waals surface area contributed by atoms with E-state index in [-0.39, 0.29) is 11.9 Å². The van der Waals surface area contributed by atoms with Crippen LogP contribution in [0.4, 0.5) is 4.39 Å². The molecule has 19 heavy (non-hydrogen) atoms. The van der Waals surface area contributed by atoms with Gasteiger partial charge in [-0.2, -0.15) is 0 Å². The van der Waals surface area contributed by atoms with Gasteiger partial charge in [-0.1, -0.05) is 6.92 Å². The third kappa shape index (κ3) is 2.76. The van der Waals surface area contributed by atoms with Gasteiger partial charge in [-0.3, -0.25) is 0 Å². The molecule has 0 radical (unpaired) electrons. The van der Waals surface area contributed by atoms with Crippen LogP contribution in [-0.2, 0) is 7.05 Å². The van der Waals surface area contributed by atoms with E-state index in [4.69, 9.17) is 4.74 Å². The van der Waals surface area contributed by atoms with Crippen molar-refractivity contribution in [3.05, 3.63) is 47.8 Å². The Bertz CT molecular complexity index is 553. The van der Waals surface area contributed by atoms with Gasteiger partial charge in [0.25, 0.3) is 0 Å². The Morgan fingerprint density at radius 3 is 2.84 bits per heavy atom. The Hall–Kier alpha value is -1.88. The van der Waals surface area contributed by atoms with Crippen molar-refractivity contribution in [2.45, 2.75) is 13.0 Å². The molecule has 1 heterocycles. The van der Waals surface area contributed by atoms with Gasteiger partial charge in [0.15, 0.2) is 0 Å². The molecule has 4 nitrogen and oxygen atoms in total. The summed E-state index contributed by atoms with van der Waals surface area (Å²) in [5.41, 5.74) is 1.73. The number of hydrogen-bond acceptors (Lipinski definition) is 3. The van der Waals surface area contributed by atoms with Crippen molar-refractivity contribution >= 4 is 0 Å². The van der Waals surface area contributed by atoms with Crippen LogP contribution in [0, 0.1) is 5.82 Å². The van der Waals surface area contributed by atoms with E-state index in [9.17, 15) is 4.39 Å². The largest absolute Gasteiger partial charge is 0.496 e. The number of nitrogens with one attached hydrogen (secondary N) is 1. The number of benzene rings is 1. The van der Waals surface area contributed by atoms with Gasteiger partial charge in [-0.05, 0) is 24.7 Å². The molecule has 0 saturated carbocycles. The molecule has 2 aromatic rings. The number of halogens is 1. The van der Waals surface area contributed by atoms with Gasteiger partial charge in [-0.25, -0.2) is 9.37 Å². The van der Waals surface area contributed by atoms with Crippen molar-refractivity contribution in [1.29, 1.82) is 0 Å².